The Bertz CT molecular complexity index is 584. The molecule has 0 aliphatic rings. The normalized spacial score (nSPS) is 12.9. The van der Waals surface area contributed by atoms with Gasteiger partial charge < -0.3 is 14.9 Å². The smallest absolute Gasteiger partial charge is 0.321 e. The fourth-order valence-corrected chi connectivity index (χ4v) is 2.94. The van der Waals surface area contributed by atoms with Crippen LogP contribution in [0.4, 0.5) is 0 Å². The summed E-state index contributed by atoms with van der Waals surface area (Å²) < 4.78 is 31.2. The van der Waals surface area contributed by atoms with Gasteiger partial charge in [-0.2, -0.15) is 4.72 Å². The molecule has 0 radical (unpaired) electrons. The number of aliphatic hydroxyl groups excluding tert-OH is 1. The number of aliphatic hydroxyl groups is 1. The van der Waals surface area contributed by atoms with Gasteiger partial charge in [-0.1, -0.05) is 0 Å². The Balaban J connectivity index is 3.04. The summed E-state index contributed by atoms with van der Waals surface area (Å²) in [7, 11) is -2.50. The van der Waals surface area contributed by atoms with Crippen LogP contribution in [0.5, 0.6) is 5.75 Å². The average Bonchev–Trinajstić information content (AvgIpc) is 2.37. The van der Waals surface area contributed by atoms with E-state index in [1.54, 1.807) is 6.92 Å². The van der Waals surface area contributed by atoms with Crippen molar-refractivity contribution in [3.05, 3.63) is 23.8 Å². The second-order valence-corrected chi connectivity index (χ2v) is 5.87. The Labute approximate surface area is 117 Å². The van der Waals surface area contributed by atoms with Gasteiger partial charge in [0.25, 0.3) is 0 Å². The van der Waals surface area contributed by atoms with Crippen LogP contribution in [0, 0.1) is 6.92 Å². The van der Waals surface area contributed by atoms with E-state index in [1.165, 1.54) is 25.3 Å². The highest BCUT2D eigenvalue weighted by atomic mass is 32.2. The second kappa shape index (κ2) is 6.69. The summed E-state index contributed by atoms with van der Waals surface area (Å²) in [5.41, 5.74) is 0.615. The van der Waals surface area contributed by atoms with E-state index in [0.29, 0.717) is 11.3 Å². The number of benzene rings is 1. The first-order chi connectivity index (χ1) is 9.31. The molecule has 1 rings (SSSR count). The molecule has 3 N–H and O–H groups in total. The molecule has 0 saturated carbocycles. The molecule has 0 heterocycles. The quantitative estimate of drug-likeness (QED) is 0.659. The van der Waals surface area contributed by atoms with Gasteiger partial charge in [0, 0.05) is 6.61 Å². The number of methoxy groups -OCH3 is 1. The molecule has 0 unspecified atom stereocenters. The van der Waals surface area contributed by atoms with E-state index < -0.39 is 28.6 Å². The third kappa shape index (κ3) is 3.92. The van der Waals surface area contributed by atoms with Crippen molar-refractivity contribution in [3.63, 3.8) is 0 Å². The van der Waals surface area contributed by atoms with Crippen LogP contribution in [-0.2, 0) is 14.8 Å². The number of carboxylic acids is 1. The van der Waals surface area contributed by atoms with Crippen LogP contribution in [0.15, 0.2) is 23.1 Å². The van der Waals surface area contributed by atoms with Crippen LogP contribution in [0.3, 0.4) is 0 Å². The summed E-state index contributed by atoms with van der Waals surface area (Å²) in [6.07, 6.45) is -0.205. The maximum absolute atomic E-state index is 12.1. The molecule has 0 aromatic heterocycles. The van der Waals surface area contributed by atoms with Crippen molar-refractivity contribution in [2.45, 2.75) is 24.3 Å². The van der Waals surface area contributed by atoms with Gasteiger partial charge in [-0.3, -0.25) is 4.79 Å². The van der Waals surface area contributed by atoms with Gasteiger partial charge in [0.2, 0.25) is 10.0 Å². The van der Waals surface area contributed by atoms with Crippen molar-refractivity contribution < 1.29 is 28.2 Å². The first kappa shape index (κ1) is 16.4. The van der Waals surface area contributed by atoms with Gasteiger partial charge in [-0.05, 0) is 37.1 Å². The number of aliphatic carboxylic acids is 1. The fraction of sp³-hybridized carbons (Fsp3) is 0.417. The summed E-state index contributed by atoms with van der Waals surface area (Å²) >= 11 is 0. The van der Waals surface area contributed by atoms with Crippen molar-refractivity contribution in [1.82, 2.24) is 4.72 Å². The van der Waals surface area contributed by atoms with Gasteiger partial charge in [0.1, 0.15) is 11.8 Å². The highest BCUT2D eigenvalue weighted by Crippen LogP contribution is 2.21. The Morgan fingerprint density at radius 3 is 2.55 bits per heavy atom. The molecule has 0 spiro atoms. The van der Waals surface area contributed by atoms with Gasteiger partial charge in [-0.15, -0.1) is 0 Å². The van der Waals surface area contributed by atoms with E-state index in [-0.39, 0.29) is 11.3 Å². The Morgan fingerprint density at radius 2 is 2.10 bits per heavy atom. The molecule has 0 amide bonds. The highest BCUT2D eigenvalue weighted by molar-refractivity contribution is 7.89. The molecule has 8 heteroatoms. The molecule has 0 saturated heterocycles. The van der Waals surface area contributed by atoms with E-state index in [9.17, 15) is 13.2 Å². The Morgan fingerprint density at radius 1 is 1.45 bits per heavy atom. The summed E-state index contributed by atoms with van der Waals surface area (Å²) in [5.74, 6) is -0.804. The van der Waals surface area contributed by atoms with Crippen molar-refractivity contribution in [2.75, 3.05) is 13.7 Å². The van der Waals surface area contributed by atoms with Gasteiger partial charge in [-0.25, -0.2) is 8.42 Å². The zero-order valence-corrected chi connectivity index (χ0v) is 12.0. The molecular formula is C12H17NO6S. The number of carbonyl (C=O) groups is 1. The minimum atomic E-state index is -3.97. The molecular weight excluding hydrogens is 286 g/mol. The van der Waals surface area contributed by atoms with Crippen LogP contribution in [0.25, 0.3) is 0 Å². The zero-order chi connectivity index (χ0) is 15.3. The van der Waals surface area contributed by atoms with E-state index in [0.717, 1.165) is 0 Å². The average molecular weight is 303 g/mol. The third-order valence-corrected chi connectivity index (χ3v) is 4.16. The van der Waals surface area contributed by atoms with Crippen LogP contribution in [-0.4, -0.2) is 44.4 Å². The minimum absolute atomic E-state index is 0.0556. The Kier molecular flexibility index (Phi) is 5.49. The first-order valence-corrected chi connectivity index (χ1v) is 7.30. The Hall–Kier alpha value is -1.64. The number of rotatable bonds is 7. The molecule has 1 atom stereocenters. The number of sulfonamides is 1. The molecule has 0 aliphatic heterocycles. The molecule has 0 bridgehead atoms. The summed E-state index contributed by atoms with van der Waals surface area (Å²) in [5, 5.41) is 17.6. The lowest BCUT2D eigenvalue weighted by molar-refractivity contribution is -0.139. The number of carboxylic acid groups (broad SMARTS) is 1. The highest BCUT2D eigenvalue weighted by Gasteiger charge is 2.25. The fourth-order valence-electron chi connectivity index (χ4n) is 1.64. The summed E-state index contributed by atoms with van der Waals surface area (Å²) in [6.45, 7) is 1.25. The maximum atomic E-state index is 12.1. The van der Waals surface area contributed by atoms with Crippen molar-refractivity contribution in [1.29, 1.82) is 0 Å². The van der Waals surface area contributed by atoms with Crippen LogP contribution in [0.1, 0.15) is 12.0 Å². The number of nitrogens with one attached hydrogen (secondary N) is 1. The van der Waals surface area contributed by atoms with Crippen molar-refractivity contribution >= 4 is 16.0 Å². The van der Waals surface area contributed by atoms with E-state index in [4.69, 9.17) is 14.9 Å². The molecule has 0 fully saturated rings. The molecule has 1 aromatic carbocycles. The molecule has 0 aliphatic carbocycles. The predicted molar refractivity (Wildman–Crippen MR) is 71.2 cm³/mol. The van der Waals surface area contributed by atoms with Crippen LogP contribution < -0.4 is 9.46 Å². The number of ether oxygens (including phenoxy) is 1. The first-order valence-electron chi connectivity index (χ1n) is 5.82. The second-order valence-electron chi connectivity index (χ2n) is 4.16. The van der Waals surface area contributed by atoms with E-state index >= 15 is 0 Å². The molecule has 20 heavy (non-hydrogen) atoms. The predicted octanol–water partition coefficient (Wildman–Crippen LogP) is 0.118. The minimum Gasteiger partial charge on any atom is -0.496 e. The summed E-state index contributed by atoms with van der Waals surface area (Å²) in [6, 6.07) is 2.84. The standard InChI is InChI=1S/C12H17NO6S/c1-8-7-9(3-4-11(8)19-2)20(17,18)13-10(5-6-14)12(15)16/h3-4,7,10,13-14H,5-6H2,1-2H3,(H,15,16)/t10-/m0/s1. The number of aryl methyl sites for hydroxylation is 1. The SMILES string of the molecule is COc1ccc(S(=O)(=O)N[C@@H](CCO)C(=O)O)cc1C. The van der Waals surface area contributed by atoms with E-state index in [1.807, 2.05) is 4.72 Å². The van der Waals surface area contributed by atoms with Gasteiger partial charge in [0.15, 0.2) is 0 Å². The third-order valence-electron chi connectivity index (χ3n) is 2.69. The lowest BCUT2D eigenvalue weighted by Gasteiger charge is -2.14. The topological polar surface area (TPSA) is 113 Å². The zero-order valence-electron chi connectivity index (χ0n) is 11.2. The number of hydrogen-bond donors (Lipinski definition) is 3. The lowest BCUT2D eigenvalue weighted by atomic mass is 10.2. The van der Waals surface area contributed by atoms with Crippen molar-refractivity contribution in [2.24, 2.45) is 0 Å². The van der Waals surface area contributed by atoms with E-state index in [2.05, 4.69) is 0 Å². The summed E-state index contributed by atoms with van der Waals surface area (Å²) in [4.78, 5) is 10.9. The van der Waals surface area contributed by atoms with Crippen molar-refractivity contribution in [3.8, 4) is 5.75 Å². The van der Waals surface area contributed by atoms with Crippen LogP contribution in [0.2, 0.25) is 0 Å². The molecule has 112 valence electrons. The van der Waals surface area contributed by atoms with Gasteiger partial charge >= 0.3 is 5.97 Å². The maximum Gasteiger partial charge on any atom is 0.321 e. The van der Waals surface area contributed by atoms with Gasteiger partial charge in [0.05, 0.1) is 12.0 Å². The van der Waals surface area contributed by atoms with Crippen LogP contribution >= 0.6 is 0 Å². The monoisotopic (exact) mass is 303 g/mol. The number of hydrogen-bond acceptors (Lipinski definition) is 5. The largest absolute Gasteiger partial charge is 0.496 e. The lowest BCUT2D eigenvalue weighted by Crippen LogP contribution is -2.41. The molecule has 7 nitrogen and oxygen atoms in total. The molecule has 1 aromatic rings.